The van der Waals surface area contributed by atoms with Crippen LogP contribution in [0.25, 0.3) is 17.2 Å². The molecule has 198 valence electrons. The largest absolute Gasteiger partial charge is 0.444 e. The summed E-state index contributed by atoms with van der Waals surface area (Å²) in [5, 5.41) is 3.20. The van der Waals surface area contributed by atoms with Crippen LogP contribution in [0.5, 0.6) is 0 Å². The zero-order valence-corrected chi connectivity index (χ0v) is 21.2. The molecule has 2 saturated heterocycles. The molecule has 2 aliphatic rings. The van der Waals surface area contributed by atoms with Crippen molar-refractivity contribution in [2.45, 2.75) is 45.3 Å². The number of nitrogens with one attached hydrogen (secondary N) is 1. The molecule has 37 heavy (non-hydrogen) atoms. The fraction of sp³-hybridized carbons (Fsp3) is 0.520. The lowest BCUT2D eigenvalue weighted by Gasteiger charge is -2.35. The van der Waals surface area contributed by atoms with Crippen molar-refractivity contribution in [3.8, 4) is 11.5 Å². The first-order valence-electron chi connectivity index (χ1n) is 12.5. The summed E-state index contributed by atoms with van der Waals surface area (Å²) >= 11 is 0. The second-order valence-electron chi connectivity index (χ2n) is 10.3. The van der Waals surface area contributed by atoms with Crippen molar-refractivity contribution >= 4 is 23.4 Å². The molecule has 0 radical (unpaired) electrons. The Bertz CT molecular complexity index is 1290. The van der Waals surface area contributed by atoms with Crippen molar-refractivity contribution in [2.24, 2.45) is 0 Å². The molecule has 2 fully saturated rings. The van der Waals surface area contributed by atoms with E-state index in [2.05, 4.69) is 20.3 Å². The molecule has 0 unspecified atom stereocenters. The lowest BCUT2D eigenvalue weighted by molar-refractivity contribution is 0.0206. The van der Waals surface area contributed by atoms with E-state index in [4.69, 9.17) is 9.47 Å². The van der Waals surface area contributed by atoms with Gasteiger partial charge in [-0.1, -0.05) is 0 Å². The molecule has 0 aromatic carbocycles. The van der Waals surface area contributed by atoms with Gasteiger partial charge in [0.25, 0.3) is 0 Å². The van der Waals surface area contributed by atoms with E-state index in [0.717, 1.165) is 12.8 Å². The average Bonchev–Trinajstić information content (AvgIpc) is 3.28. The number of likely N-dealkylation sites (tertiary alicyclic amines) is 1. The van der Waals surface area contributed by atoms with Crippen LogP contribution in [-0.2, 0) is 9.47 Å². The van der Waals surface area contributed by atoms with E-state index in [1.807, 2.05) is 25.7 Å². The Morgan fingerprint density at radius 1 is 1.16 bits per heavy atom. The molecule has 5 heterocycles. The number of pyridine rings is 1. The highest BCUT2D eigenvalue weighted by atomic mass is 19.1. The van der Waals surface area contributed by atoms with Gasteiger partial charge in [-0.3, -0.25) is 4.40 Å². The molecule has 1 atom stereocenters. The van der Waals surface area contributed by atoms with Gasteiger partial charge in [0.05, 0.1) is 19.4 Å². The molecule has 1 N–H and O–H groups in total. The van der Waals surface area contributed by atoms with Crippen LogP contribution in [0.15, 0.2) is 24.5 Å². The van der Waals surface area contributed by atoms with Crippen molar-refractivity contribution in [1.29, 1.82) is 0 Å². The van der Waals surface area contributed by atoms with Gasteiger partial charge in [0.15, 0.2) is 17.5 Å². The predicted octanol–water partition coefficient (Wildman–Crippen LogP) is 3.72. The molecule has 0 aliphatic carbocycles. The highest BCUT2D eigenvalue weighted by Gasteiger charge is 2.30. The first-order valence-corrected chi connectivity index (χ1v) is 12.5. The molecule has 10 nitrogen and oxygen atoms in total. The molecule has 3 aromatic heterocycles. The average molecular weight is 516 g/mol. The number of halogens is 2. The maximum Gasteiger partial charge on any atom is 0.410 e. The molecule has 0 spiro atoms. The van der Waals surface area contributed by atoms with Crippen molar-refractivity contribution in [3.63, 3.8) is 0 Å². The van der Waals surface area contributed by atoms with Gasteiger partial charge in [-0.25, -0.2) is 24.1 Å². The highest BCUT2D eigenvalue weighted by molar-refractivity contribution is 5.68. The summed E-state index contributed by atoms with van der Waals surface area (Å²) in [5.74, 6) is -0.649. The number of rotatable bonds is 4. The maximum absolute atomic E-state index is 15.8. The van der Waals surface area contributed by atoms with E-state index in [0.29, 0.717) is 50.7 Å². The third kappa shape index (κ3) is 5.58. The van der Waals surface area contributed by atoms with Gasteiger partial charge in [-0.05, 0) is 45.7 Å². The smallest absolute Gasteiger partial charge is 0.410 e. The Balaban J connectivity index is 1.48. The number of piperidine rings is 1. The zero-order chi connectivity index (χ0) is 26.2. The van der Waals surface area contributed by atoms with Crippen LogP contribution < -0.4 is 10.2 Å². The van der Waals surface area contributed by atoms with Gasteiger partial charge in [-0.2, -0.15) is 4.39 Å². The minimum absolute atomic E-state index is 0.0221. The van der Waals surface area contributed by atoms with Crippen LogP contribution in [0.3, 0.4) is 0 Å². The Hall–Kier alpha value is -3.54. The van der Waals surface area contributed by atoms with Gasteiger partial charge in [0, 0.05) is 38.4 Å². The SMILES string of the molecule is CC(C)(C)OC(=O)N1CCC[C@@H](Nc2nc(-c3cnc4ccc(F)cn34)nc(N3CCOCC3)c2F)C1. The van der Waals surface area contributed by atoms with Crippen LogP contribution in [0.1, 0.15) is 33.6 Å². The van der Waals surface area contributed by atoms with Crippen LogP contribution in [0, 0.1) is 11.6 Å². The maximum atomic E-state index is 15.8. The zero-order valence-electron chi connectivity index (χ0n) is 21.2. The van der Waals surface area contributed by atoms with Crippen LogP contribution >= 0.6 is 0 Å². The number of nitrogens with zero attached hydrogens (tertiary/aromatic N) is 6. The fourth-order valence-electron chi connectivity index (χ4n) is 4.53. The first kappa shape index (κ1) is 25.1. The summed E-state index contributed by atoms with van der Waals surface area (Å²) in [5.41, 5.74) is 0.351. The van der Waals surface area contributed by atoms with E-state index in [9.17, 15) is 9.18 Å². The number of imidazole rings is 1. The number of fused-ring (bicyclic) bond motifs is 1. The van der Waals surface area contributed by atoms with E-state index >= 15 is 4.39 Å². The summed E-state index contributed by atoms with van der Waals surface area (Å²) in [6.07, 6.45) is 3.90. The third-order valence-corrected chi connectivity index (χ3v) is 6.26. The predicted molar refractivity (Wildman–Crippen MR) is 134 cm³/mol. The Kier molecular flexibility index (Phi) is 6.84. The molecule has 2 aliphatic heterocycles. The topological polar surface area (TPSA) is 97.1 Å². The number of anilines is 2. The highest BCUT2D eigenvalue weighted by Crippen LogP contribution is 2.29. The second kappa shape index (κ2) is 10.1. The van der Waals surface area contributed by atoms with Gasteiger partial charge < -0.3 is 24.6 Å². The summed E-state index contributed by atoms with van der Waals surface area (Å²) < 4.78 is 42.3. The number of carbonyl (C=O) groups is 1. The van der Waals surface area contributed by atoms with Crippen LogP contribution in [0.4, 0.5) is 25.2 Å². The van der Waals surface area contributed by atoms with Crippen molar-refractivity contribution in [2.75, 3.05) is 49.6 Å². The molecule has 3 aromatic rings. The van der Waals surface area contributed by atoms with Gasteiger partial charge in [0.2, 0.25) is 5.82 Å². The van der Waals surface area contributed by atoms with E-state index in [1.54, 1.807) is 21.6 Å². The van der Waals surface area contributed by atoms with Gasteiger partial charge in [0.1, 0.15) is 22.8 Å². The summed E-state index contributed by atoms with van der Waals surface area (Å²) in [6, 6.07) is 2.64. The van der Waals surface area contributed by atoms with E-state index in [1.165, 1.54) is 12.3 Å². The normalized spacial score (nSPS) is 18.8. The lowest BCUT2D eigenvalue weighted by atomic mass is 10.1. The molecule has 1 amide bonds. The number of amides is 1. The Labute approximate surface area is 213 Å². The van der Waals surface area contributed by atoms with Crippen molar-refractivity contribution in [3.05, 3.63) is 36.2 Å². The minimum atomic E-state index is -0.605. The molecular formula is C25H31F2N7O3. The first-order chi connectivity index (χ1) is 17.7. The minimum Gasteiger partial charge on any atom is -0.444 e. The number of aromatic nitrogens is 4. The summed E-state index contributed by atoms with van der Waals surface area (Å²) in [4.78, 5) is 29.4. The quantitative estimate of drug-likeness (QED) is 0.562. The standard InChI is InChI=1S/C25H31F2N7O3/c1-25(2,3)37-24(35)33-8-4-5-17(15-33)29-22-20(27)23(32-9-11-36-12-10-32)31-21(30-22)18-13-28-19-7-6-16(26)14-34(18)19/h6-7,13-14,17H,4-5,8-12,15H2,1-3H3,(H,29,30,31)/t17-/m1/s1. The number of ether oxygens (including phenoxy) is 2. The van der Waals surface area contributed by atoms with Crippen LogP contribution in [0.2, 0.25) is 0 Å². The van der Waals surface area contributed by atoms with Crippen molar-refractivity contribution < 1.29 is 23.0 Å². The monoisotopic (exact) mass is 515 g/mol. The molecule has 0 saturated carbocycles. The number of hydrogen-bond acceptors (Lipinski definition) is 8. The molecule has 5 rings (SSSR count). The Morgan fingerprint density at radius 3 is 2.70 bits per heavy atom. The lowest BCUT2D eigenvalue weighted by Crippen LogP contribution is -2.47. The van der Waals surface area contributed by atoms with Crippen molar-refractivity contribution in [1.82, 2.24) is 24.3 Å². The summed E-state index contributed by atoms with van der Waals surface area (Å²) in [6.45, 7) is 8.24. The molecule has 0 bridgehead atoms. The molecular weight excluding hydrogens is 484 g/mol. The molecule has 12 heteroatoms. The summed E-state index contributed by atoms with van der Waals surface area (Å²) in [7, 11) is 0. The van der Waals surface area contributed by atoms with Gasteiger partial charge >= 0.3 is 6.09 Å². The number of hydrogen-bond donors (Lipinski definition) is 1. The van der Waals surface area contributed by atoms with E-state index < -0.39 is 23.3 Å². The fourth-order valence-corrected chi connectivity index (χ4v) is 4.53. The Morgan fingerprint density at radius 2 is 1.95 bits per heavy atom. The van der Waals surface area contributed by atoms with Crippen LogP contribution in [-0.4, -0.2) is 81.4 Å². The van der Waals surface area contributed by atoms with Gasteiger partial charge in [-0.15, -0.1) is 0 Å². The third-order valence-electron chi connectivity index (χ3n) is 6.26. The second-order valence-corrected chi connectivity index (χ2v) is 10.3. The van der Waals surface area contributed by atoms with E-state index in [-0.39, 0.29) is 23.5 Å². The number of carbonyl (C=O) groups excluding carboxylic acids is 1. The number of morpholine rings is 1.